The van der Waals surface area contributed by atoms with Crippen LogP contribution in [-0.2, 0) is 25.8 Å². The molecule has 0 bridgehead atoms. The minimum atomic E-state index is 0. The van der Waals surface area contributed by atoms with E-state index >= 15 is 0 Å². The molecule has 6 aromatic rings. The fraction of sp³-hybridized carbons (Fsp3) is 0.0312. The van der Waals surface area contributed by atoms with Crippen molar-refractivity contribution < 1.29 is 50.7 Å². The van der Waals surface area contributed by atoms with E-state index in [9.17, 15) is 0 Å². The summed E-state index contributed by atoms with van der Waals surface area (Å²) >= 11 is 0. The summed E-state index contributed by atoms with van der Waals surface area (Å²) in [4.78, 5) is 0. The molecule has 0 aromatic heterocycles. The Hall–Kier alpha value is -2.56. The molecule has 1 N–H and O–H groups in total. The Morgan fingerprint density at radius 3 is 1.30 bits per heavy atom. The maximum atomic E-state index is 7.22. The van der Waals surface area contributed by atoms with E-state index < -0.39 is 0 Å². The minimum Gasteiger partial charge on any atom is -1.00 e. The normalized spacial score (nSPS) is 9.32. The van der Waals surface area contributed by atoms with E-state index in [-0.39, 0.29) is 50.7 Å². The molecule has 6 rings (SSSR count). The second kappa shape index (κ2) is 17.0. The van der Waals surface area contributed by atoms with Gasteiger partial charge in [-0.25, -0.2) is 0 Å². The zero-order chi connectivity index (χ0) is 23.6. The van der Waals surface area contributed by atoms with Gasteiger partial charge in [0.1, 0.15) is 9.52 Å². The third-order valence-corrected chi connectivity index (χ3v) is 6.75. The van der Waals surface area contributed by atoms with E-state index in [0.717, 1.165) is 15.1 Å². The van der Waals surface area contributed by atoms with Crippen LogP contribution >= 0.6 is 0 Å². The molecule has 5 heteroatoms. The molecular formula is C32H27Cl2HfNSi. The summed E-state index contributed by atoms with van der Waals surface area (Å²) < 4.78 is 0. The van der Waals surface area contributed by atoms with Crippen molar-refractivity contribution in [2.75, 3.05) is 0 Å². The molecule has 0 aliphatic carbocycles. The van der Waals surface area contributed by atoms with Crippen LogP contribution < -0.4 is 35.2 Å². The first kappa shape index (κ1) is 32.5. The molecule has 0 aliphatic heterocycles. The molecule has 0 amide bonds. The molecule has 0 unspecified atom stereocenters. The second-order valence-electron chi connectivity index (χ2n) is 7.99. The fourth-order valence-electron chi connectivity index (χ4n) is 3.69. The SMILES string of the molecule is Cc1ccccc1[NH-].[Cl-].[Cl-].[Hf+4].c1ccc([Si]c2ccccc2)cc1.c1ccc2c(c1)[cH-]c1ccccc12. The minimum absolute atomic E-state index is 0. The molecule has 2 radical (unpaired) electrons. The molecule has 0 atom stereocenters. The molecule has 0 heterocycles. The monoisotopic (exact) mass is 703 g/mol. The Morgan fingerprint density at radius 2 is 0.892 bits per heavy atom. The molecular weight excluding hydrogens is 676 g/mol. The summed E-state index contributed by atoms with van der Waals surface area (Å²) in [6.45, 7) is 1.93. The van der Waals surface area contributed by atoms with Crippen molar-refractivity contribution in [1.29, 1.82) is 0 Å². The Morgan fingerprint density at radius 1 is 0.514 bits per heavy atom. The van der Waals surface area contributed by atoms with Gasteiger partial charge >= 0.3 is 25.8 Å². The molecule has 0 saturated carbocycles. The van der Waals surface area contributed by atoms with Crippen molar-refractivity contribution in [2.45, 2.75) is 6.92 Å². The average molecular weight is 703 g/mol. The third kappa shape index (κ3) is 9.68. The molecule has 182 valence electrons. The molecule has 37 heavy (non-hydrogen) atoms. The first-order chi connectivity index (χ1) is 16.7. The van der Waals surface area contributed by atoms with Crippen LogP contribution in [0.2, 0.25) is 0 Å². The van der Waals surface area contributed by atoms with E-state index in [2.05, 4.69) is 115 Å². The smallest absolute Gasteiger partial charge is 1.00 e. The predicted molar refractivity (Wildman–Crippen MR) is 150 cm³/mol. The van der Waals surface area contributed by atoms with Crippen molar-refractivity contribution in [3.8, 4) is 0 Å². The first-order valence-corrected chi connectivity index (χ1v) is 12.4. The maximum Gasteiger partial charge on any atom is 4.00 e. The number of hydrogen-bond acceptors (Lipinski definition) is 0. The van der Waals surface area contributed by atoms with Gasteiger partial charge in [-0.15, -0.1) is 45.4 Å². The Balaban J connectivity index is 0.000000275. The van der Waals surface area contributed by atoms with E-state index in [4.69, 9.17) is 5.73 Å². The number of hydrogen-bond donors (Lipinski definition) is 0. The Bertz CT molecular complexity index is 1340. The first-order valence-electron chi connectivity index (χ1n) is 11.4. The number of benzene rings is 5. The Kier molecular flexibility index (Phi) is 15.0. The summed E-state index contributed by atoms with van der Waals surface area (Å²) in [6, 6.07) is 48.0. The van der Waals surface area contributed by atoms with Crippen LogP contribution in [0, 0.1) is 6.92 Å². The third-order valence-electron chi connectivity index (χ3n) is 5.50. The van der Waals surface area contributed by atoms with Gasteiger partial charge in [-0.1, -0.05) is 137 Å². The zero-order valence-corrected chi connectivity index (χ0v) is 26.6. The largest absolute Gasteiger partial charge is 4.00 e. The average Bonchev–Trinajstić information content (AvgIpc) is 3.27. The van der Waals surface area contributed by atoms with Crippen LogP contribution in [0.1, 0.15) is 5.56 Å². The molecule has 0 saturated heterocycles. The van der Waals surface area contributed by atoms with Crippen LogP contribution in [0.3, 0.4) is 0 Å². The molecule has 6 aromatic carbocycles. The zero-order valence-electron chi connectivity index (χ0n) is 20.5. The van der Waals surface area contributed by atoms with Crippen molar-refractivity contribution >= 4 is 47.1 Å². The molecule has 0 fully saturated rings. The van der Waals surface area contributed by atoms with Crippen molar-refractivity contribution in [1.82, 2.24) is 0 Å². The second-order valence-corrected chi connectivity index (χ2v) is 9.40. The van der Waals surface area contributed by atoms with Gasteiger partial charge in [-0.3, -0.25) is 0 Å². The van der Waals surface area contributed by atoms with Gasteiger partial charge in [-0.05, 0) is 6.92 Å². The maximum absolute atomic E-state index is 7.22. The summed E-state index contributed by atoms with van der Waals surface area (Å²) in [7, 11) is 0.777. The van der Waals surface area contributed by atoms with Crippen LogP contribution in [0.15, 0.2) is 140 Å². The number of nitrogens with one attached hydrogen (secondary N) is 1. The van der Waals surface area contributed by atoms with Gasteiger partial charge in [0.15, 0.2) is 0 Å². The van der Waals surface area contributed by atoms with Crippen LogP contribution in [0.5, 0.6) is 0 Å². The van der Waals surface area contributed by atoms with Crippen molar-refractivity contribution in [2.24, 2.45) is 0 Å². The molecule has 0 aliphatic rings. The molecule has 1 nitrogen and oxygen atoms in total. The van der Waals surface area contributed by atoms with Crippen molar-refractivity contribution in [3.05, 3.63) is 151 Å². The summed E-state index contributed by atoms with van der Waals surface area (Å²) in [5.41, 5.74) is 8.87. The number of rotatable bonds is 2. The van der Waals surface area contributed by atoms with Crippen LogP contribution in [-0.4, -0.2) is 9.52 Å². The van der Waals surface area contributed by atoms with E-state index in [1.165, 1.54) is 31.9 Å². The molecule has 0 spiro atoms. The van der Waals surface area contributed by atoms with Gasteiger partial charge in [0.2, 0.25) is 0 Å². The van der Waals surface area contributed by atoms with E-state index in [0.29, 0.717) is 5.69 Å². The van der Waals surface area contributed by atoms with Gasteiger partial charge in [0.25, 0.3) is 0 Å². The van der Waals surface area contributed by atoms with Gasteiger partial charge in [0, 0.05) is 0 Å². The number of aryl methyl sites for hydroxylation is 1. The van der Waals surface area contributed by atoms with Gasteiger partial charge in [-0.2, -0.15) is 0 Å². The van der Waals surface area contributed by atoms with Crippen LogP contribution in [0.4, 0.5) is 5.69 Å². The Labute approximate surface area is 253 Å². The van der Waals surface area contributed by atoms with Crippen molar-refractivity contribution in [3.63, 3.8) is 0 Å². The summed E-state index contributed by atoms with van der Waals surface area (Å²) in [6.07, 6.45) is 0. The standard InChI is InChI=1S/C13H9.C12H10Si.C7H8N.2ClH.Hf/c1-3-7-12-10(5-1)9-11-6-2-4-8-13(11)12;1-3-7-11(8-4-1)13-12-9-5-2-6-10-12;1-6-4-2-3-5-7(6)8;;;/h1-9H;1-10H;2-5,8H,1H3;2*1H;/q-1;;-1;;;+4/p-2. The number of halogens is 2. The topological polar surface area (TPSA) is 23.8 Å². The predicted octanol–water partition coefficient (Wildman–Crippen LogP) is 1.74. The van der Waals surface area contributed by atoms with E-state index in [1.807, 2.05) is 25.1 Å². The van der Waals surface area contributed by atoms with Gasteiger partial charge in [0.05, 0.1) is 0 Å². The summed E-state index contributed by atoms with van der Waals surface area (Å²) in [5.74, 6) is 0. The fourth-order valence-corrected chi connectivity index (χ4v) is 4.74. The van der Waals surface area contributed by atoms with Gasteiger partial charge < -0.3 is 30.5 Å². The number of fused-ring (bicyclic) bond motifs is 3. The van der Waals surface area contributed by atoms with E-state index in [1.54, 1.807) is 6.07 Å². The summed E-state index contributed by atoms with van der Waals surface area (Å²) in [5, 5.41) is 8.19. The quantitative estimate of drug-likeness (QED) is 0.194. The van der Waals surface area contributed by atoms with Crippen LogP contribution in [0.25, 0.3) is 27.3 Å².